The topological polar surface area (TPSA) is 111 Å². The van der Waals surface area contributed by atoms with Crippen LogP contribution in [0.15, 0.2) is 58.4 Å². The van der Waals surface area contributed by atoms with Gasteiger partial charge >= 0.3 is 5.97 Å². The molecule has 194 valence electrons. The summed E-state index contributed by atoms with van der Waals surface area (Å²) in [6.45, 7) is 1.80. The fraction of sp³-hybridized carbons (Fsp3) is 0.360. The van der Waals surface area contributed by atoms with Crippen molar-refractivity contribution in [2.75, 3.05) is 25.4 Å². The van der Waals surface area contributed by atoms with Crippen LogP contribution in [0.4, 0.5) is 0 Å². The smallest absolute Gasteiger partial charge is 0.322 e. The fourth-order valence-electron chi connectivity index (χ4n) is 4.34. The first-order valence-electron chi connectivity index (χ1n) is 11.7. The quantitative estimate of drug-likeness (QED) is 0.291. The normalized spacial score (nSPS) is 24.5. The van der Waals surface area contributed by atoms with Crippen molar-refractivity contribution in [3.05, 3.63) is 63.2 Å². The number of amides is 2. The molecule has 0 spiro atoms. The van der Waals surface area contributed by atoms with Crippen molar-refractivity contribution in [1.29, 1.82) is 0 Å². The second-order valence-electron chi connectivity index (χ2n) is 8.94. The summed E-state index contributed by atoms with van der Waals surface area (Å²) in [4.78, 5) is 44.8. The molecule has 0 saturated carbocycles. The van der Waals surface area contributed by atoms with Gasteiger partial charge in [0, 0.05) is 33.1 Å². The van der Waals surface area contributed by atoms with E-state index in [2.05, 4.69) is 44.3 Å². The number of amidine groups is 1. The standard InChI is InChI=1S/C25H25IN4O4S3/c26-17-10-16(12-35-24-27-8-9-28-24)6-7-18(17)37-25(23(33)34)13-30-21(32)20(22(30)36-14-25)29-19(31)11-15-4-2-1-3-5-15/h1-7,10,20,22H,8-9,11-14H2,(H,27,28)(H,29,31)(H,33,34)/t20-,22-,25?/m1/s1. The summed E-state index contributed by atoms with van der Waals surface area (Å²) in [5.41, 5.74) is 2.02. The number of nitrogens with zero attached hydrogens (tertiary/aromatic N) is 2. The zero-order chi connectivity index (χ0) is 26.0. The molecule has 8 nitrogen and oxygen atoms in total. The Bertz CT molecular complexity index is 1250. The molecular formula is C25H25IN4O4S3. The van der Waals surface area contributed by atoms with Crippen LogP contribution < -0.4 is 10.6 Å². The molecule has 37 heavy (non-hydrogen) atoms. The maximum absolute atomic E-state index is 12.9. The Morgan fingerprint density at radius 3 is 2.76 bits per heavy atom. The van der Waals surface area contributed by atoms with Gasteiger partial charge in [-0.25, -0.2) is 0 Å². The number of rotatable bonds is 8. The second kappa shape index (κ2) is 11.5. The first-order valence-corrected chi connectivity index (χ1v) is 15.6. The third-order valence-electron chi connectivity index (χ3n) is 6.29. The van der Waals surface area contributed by atoms with Gasteiger partial charge in [-0.1, -0.05) is 48.2 Å². The summed E-state index contributed by atoms with van der Waals surface area (Å²) < 4.78 is -0.176. The van der Waals surface area contributed by atoms with E-state index in [-0.39, 0.29) is 30.2 Å². The summed E-state index contributed by atoms with van der Waals surface area (Å²) in [5, 5.41) is 17.0. The van der Waals surface area contributed by atoms with Crippen LogP contribution in [0.5, 0.6) is 0 Å². The lowest BCUT2D eigenvalue weighted by Crippen LogP contribution is -2.74. The minimum Gasteiger partial charge on any atom is -0.480 e. The van der Waals surface area contributed by atoms with Crippen LogP contribution in [-0.4, -0.2) is 74.5 Å². The van der Waals surface area contributed by atoms with Gasteiger partial charge in [-0.15, -0.1) is 23.5 Å². The largest absolute Gasteiger partial charge is 0.480 e. The van der Waals surface area contributed by atoms with Crippen molar-refractivity contribution < 1.29 is 19.5 Å². The van der Waals surface area contributed by atoms with Crippen LogP contribution >= 0.6 is 57.9 Å². The predicted molar refractivity (Wildman–Crippen MR) is 157 cm³/mol. The number of aliphatic carboxylic acids is 1. The van der Waals surface area contributed by atoms with Crippen LogP contribution in [0.2, 0.25) is 0 Å². The lowest BCUT2D eigenvalue weighted by atomic mass is 10.0. The van der Waals surface area contributed by atoms with Crippen LogP contribution in [0.3, 0.4) is 0 Å². The molecule has 3 aliphatic heterocycles. The van der Waals surface area contributed by atoms with Crippen molar-refractivity contribution in [3.8, 4) is 0 Å². The Kier molecular flexibility index (Phi) is 8.27. The van der Waals surface area contributed by atoms with E-state index in [9.17, 15) is 19.5 Å². The average Bonchev–Trinajstić information content (AvgIpc) is 3.42. The molecule has 0 radical (unpaired) electrons. The van der Waals surface area contributed by atoms with E-state index in [4.69, 9.17) is 0 Å². The molecular weight excluding hydrogens is 643 g/mol. The van der Waals surface area contributed by atoms with E-state index in [0.29, 0.717) is 5.75 Å². The third-order valence-corrected chi connectivity index (χ3v) is 11.7. The van der Waals surface area contributed by atoms with Gasteiger partial charge in [0.1, 0.15) is 16.2 Å². The molecule has 3 heterocycles. The number of carbonyl (C=O) groups is 3. The Morgan fingerprint density at radius 2 is 2.05 bits per heavy atom. The molecule has 0 bridgehead atoms. The molecule has 2 amide bonds. The number of hydrogen-bond acceptors (Lipinski definition) is 8. The molecule has 3 N–H and O–H groups in total. The summed E-state index contributed by atoms with van der Waals surface area (Å²) in [5.74, 6) is -0.249. The minimum atomic E-state index is -1.16. The first-order chi connectivity index (χ1) is 17.8. The highest BCUT2D eigenvalue weighted by molar-refractivity contribution is 14.1. The molecule has 1 unspecified atom stereocenters. The van der Waals surface area contributed by atoms with Crippen molar-refractivity contribution in [1.82, 2.24) is 15.5 Å². The van der Waals surface area contributed by atoms with Gasteiger partial charge in [0.15, 0.2) is 5.17 Å². The Balaban J connectivity index is 1.21. The zero-order valence-electron chi connectivity index (χ0n) is 19.7. The van der Waals surface area contributed by atoms with E-state index in [0.717, 1.165) is 43.6 Å². The van der Waals surface area contributed by atoms with Gasteiger partial charge in [0.05, 0.1) is 13.0 Å². The van der Waals surface area contributed by atoms with Crippen LogP contribution in [0.1, 0.15) is 11.1 Å². The average molecular weight is 669 g/mol. The molecule has 2 saturated heterocycles. The van der Waals surface area contributed by atoms with Gasteiger partial charge in [0.25, 0.3) is 0 Å². The maximum Gasteiger partial charge on any atom is 0.322 e. The minimum absolute atomic E-state index is 0.105. The number of carboxylic acid groups (broad SMARTS) is 1. The van der Waals surface area contributed by atoms with E-state index in [1.54, 1.807) is 16.7 Å². The lowest BCUT2D eigenvalue weighted by molar-refractivity contribution is -0.152. The van der Waals surface area contributed by atoms with Crippen LogP contribution in [-0.2, 0) is 26.6 Å². The number of hydrogen-bond donors (Lipinski definition) is 3. The third kappa shape index (κ3) is 5.91. The highest BCUT2D eigenvalue weighted by Gasteiger charge is 2.58. The molecule has 2 aromatic carbocycles. The van der Waals surface area contributed by atoms with Gasteiger partial charge in [-0.2, -0.15) is 0 Å². The number of nitrogens with one attached hydrogen (secondary N) is 2. The Labute approximate surface area is 241 Å². The van der Waals surface area contributed by atoms with Crippen molar-refractivity contribution in [2.45, 2.75) is 33.2 Å². The lowest BCUT2D eigenvalue weighted by Gasteiger charge is -2.53. The highest BCUT2D eigenvalue weighted by atomic mass is 127. The van der Waals surface area contributed by atoms with Gasteiger partial charge in [-0.3, -0.25) is 19.4 Å². The van der Waals surface area contributed by atoms with Crippen molar-refractivity contribution >= 4 is 80.8 Å². The summed E-state index contributed by atoms with van der Waals surface area (Å²) in [7, 11) is 0. The number of carbonyl (C=O) groups excluding carboxylic acids is 2. The number of thioether (sulfide) groups is 3. The monoisotopic (exact) mass is 668 g/mol. The van der Waals surface area contributed by atoms with E-state index < -0.39 is 16.8 Å². The van der Waals surface area contributed by atoms with E-state index in [1.807, 2.05) is 42.5 Å². The van der Waals surface area contributed by atoms with Gasteiger partial charge in [0.2, 0.25) is 11.8 Å². The Morgan fingerprint density at radius 1 is 1.24 bits per heavy atom. The SMILES string of the molecule is O=C(Cc1ccccc1)N[C@@H]1C(=O)N2CC(Sc3ccc(CSC4=NCCN4)cc3I)(C(=O)O)CS[C@H]12. The molecule has 0 aromatic heterocycles. The number of aliphatic imine (C=N–C) groups is 1. The van der Waals surface area contributed by atoms with Gasteiger partial charge < -0.3 is 20.6 Å². The van der Waals surface area contributed by atoms with Crippen LogP contribution in [0.25, 0.3) is 0 Å². The van der Waals surface area contributed by atoms with Crippen molar-refractivity contribution in [3.63, 3.8) is 0 Å². The number of halogens is 1. The summed E-state index contributed by atoms with van der Waals surface area (Å²) >= 11 is 6.64. The Hall–Kier alpha value is -1.90. The summed E-state index contributed by atoms with van der Waals surface area (Å²) in [6, 6.07) is 14.8. The second-order valence-corrected chi connectivity index (χ2v) is 13.6. The number of benzene rings is 2. The van der Waals surface area contributed by atoms with Crippen LogP contribution in [0, 0.1) is 3.57 Å². The molecule has 3 aliphatic rings. The molecule has 5 rings (SSSR count). The van der Waals surface area contributed by atoms with E-state index in [1.165, 1.54) is 23.5 Å². The zero-order valence-corrected chi connectivity index (χ0v) is 24.3. The molecule has 0 aliphatic carbocycles. The molecule has 2 aromatic rings. The van der Waals surface area contributed by atoms with Crippen molar-refractivity contribution in [2.24, 2.45) is 4.99 Å². The molecule has 3 atom stereocenters. The molecule has 2 fully saturated rings. The van der Waals surface area contributed by atoms with Gasteiger partial charge in [-0.05, 0) is 45.9 Å². The fourth-order valence-corrected chi connectivity index (χ4v) is 8.96. The maximum atomic E-state index is 12.9. The number of fused-ring (bicyclic) bond motifs is 1. The molecule has 12 heteroatoms. The first kappa shape index (κ1) is 26.7. The highest BCUT2D eigenvalue weighted by Crippen LogP contribution is 2.47. The van der Waals surface area contributed by atoms with E-state index >= 15 is 0 Å². The number of carboxylic acids is 1. The summed E-state index contributed by atoms with van der Waals surface area (Å²) in [6.07, 6.45) is 0.203. The number of β-lactam (4-membered cyclic amide) rings is 1. The predicted octanol–water partition coefficient (Wildman–Crippen LogP) is 3.04.